The minimum absolute atomic E-state index is 0.0194. The van der Waals surface area contributed by atoms with E-state index in [9.17, 15) is 10.2 Å². The smallest absolute Gasteiger partial charge is 0.200 e. The van der Waals surface area contributed by atoms with Gasteiger partial charge >= 0.3 is 0 Å². The van der Waals surface area contributed by atoms with Gasteiger partial charge in [0, 0.05) is 18.9 Å². The van der Waals surface area contributed by atoms with Crippen molar-refractivity contribution >= 4 is 34.6 Å². The van der Waals surface area contributed by atoms with Crippen LogP contribution < -0.4 is 5.32 Å². The lowest BCUT2D eigenvalue weighted by Gasteiger charge is -2.16. The molecule has 0 aliphatic carbocycles. The molecule has 1 aliphatic rings. The monoisotopic (exact) mass is 439 g/mol. The van der Waals surface area contributed by atoms with E-state index in [-0.39, 0.29) is 18.1 Å². The third kappa shape index (κ3) is 4.19. The van der Waals surface area contributed by atoms with Crippen molar-refractivity contribution in [1.29, 1.82) is 5.26 Å². The van der Waals surface area contributed by atoms with E-state index in [1.54, 1.807) is 27.2 Å². The molecule has 0 amide bonds. The Labute approximate surface area is 182 Å². The SMILES string of the molecule is CNc1ncnc2c1ncn2C1CCC(CSc2nc(N=O)cc(C(C)(C)C#N)n2)O1. The number of hydrogen-bond donors (Lipinski definition) is 1. The molecule has 1 fully saturated rings. The lowest BCUT2D eigenvalue weighted by atomic mass is 9.91. The molecule has 1 aliphatic heterocycles. The molecule has 12 heteroatoms. The summed E-state index contributed by atoms with van der Waals surface area (Å²) in [5, 5.41) is 15.7. The van der Waals surface area contributed by atoms with E-state index in [1.165, 1.54) is 24.2 Å². The topological polar surface area (TPSA) is 144 Å². The van der Waals surface area contributed by atoms with E-state index in [2.05, 4.69) is 41.5 Å². The minimum atomic E-state index is -0.844. The van der Waals surface area contributed by atoms with Crippen molar-refractivity contribution in [3.05, 3.63) is 29.3 Å². The largest absolute Gasteiger partial charge is 0.371 e. The molecule has 0 saturated carbocycles. The summed E-state index contributed by atoms with van der Waals surface area (Å²) < 4.78 is 8.13. The number of fused-ring (bicyclic) bond motifs is 1. The summed E-state index contributed by atoms with van der Waals surface area (Å²) in [5.41, 5.74) is 1.04. The van der Waals surface area contributed by atoms with Crippen LogP contribution >= 0.6 is 11.8 Å². The molecule has 31 heavy (non-hydrogen) atoms. The van der Waals surface area contributed by atoms with E-state index in [0.29, 0.717) is 33.6 Å². The zero-order valence-electron chi connectivity index (χ0n) is 17.3. The van der Waals surface area contributed by atoms with Crippen LogP contribution in [0.25, 0.3) is 11.2 Å². The second kappa shape index (κ2) is 8.52. The van der Waals surface area contributed by atoms with Crippen molar-refractivity contribution in [2.75, 3.05) is 18.1 Å². The van der Waals surface area contributed by atoms with Gasteiger partial charge in [0.2, 0.25) is 5.82 Å². The molecule has 11 nitrogen and oxygen atoms in total. The van der Waals surface area contributed by atoms with Gasteiger partial charge < -0.3 is 10.1 Å². The zero-order valence-corrected chi connectivity index (χ0v) is 18.1. The molecule has 0 bridgehead atoms. The van der Waals surface area contributed by atoms with Crippen LogP contribution in [0.2, 0.25) is 0 Å². The summed E-state index contributed by atoms with van der Waals surface area (Å²) >= 11 is 1.38. The van der Waals surface area contributed by atoms with Gasteiger partial charge in [0.05, 0.1) is 29.6 Å². The maximum absolute atomic E-state index is 11.0. The van der Waals surface area contributed by atoms with Crippen LogP contribution in [0.3, 0.4) is 0 Å². The number of rotatable bonds is 7. The van der Waals surface area contributed by atoms with Gasteiger partial charge in [0.1, 0.15) is 18.1 Å². The maximum atomic E-state index is 11.0. The third-order valence-corrected chi connectivity index (χ3v) is 6.07. The summed E-state index contributed by atoms with van der Waals surface area (Å²) in [7, 11) is 1.79. The Morgan fingerprint density at radius 3 is 2.94 bits per heavy atom. The lowest BCUT2D eigenvalue weighted by Crippen LogP contribution is -2.17. The van der Waals surface area contributed by atoms with Crippen molar-refractivity contribution < 1.29 is 4.74 Å². The van der Waals surface area contributed by atoms with Gasteiger partial charge in [-0.2, -0.15) is 10.2 Å². The standard InChI is InChI=1S/C19H21N9O2S/c1-19(2,8-20)12-6-13(27-29)26-18(25-12)31-7-11-4-5-14(30-11)28-10-24-15-16(21-3)22-9-23-17(15)28/h6,9-11,14H,4-5,7H2,1-3H3,(H,21,22,23). The highest BCUT2D eigenvalue weighted by Gasteiger charge is 2.29. The number of thioether (sulfide) groups is 1. The fraction of sp³-hybridized carbons (Fsp3) is 0.474. The van der Waals surface area contributed by atoms with Crippen LogP contribution in [-0.2, 0) is 10.2 Å². The molecule has 3 aromatic rings. The van der Waals surface area contributed by atoms with Crippen molar-refractivity contribution in [2.24, 2.45) is 5.18 Å². The Morgan fingerprint density at radius 2 is 2.19 bits per heavy atom. The van der Waals surface area contributed by atoms with Gasteiger partial charge in [-0.15, -0.1) is 4.91 Å². The number of imidazole rings is 1. The molecule has 2 unspecified atom stereocenters. The first-order chi connectivity index (χ1) is 14.9. The zero-order chi connectivity index (χ0) is 22.0. The van der Waals surface area contributed by atoms with Crippen molar-refractivity contribution in [3.8, 4) is 6.07 Å². The highest BCUT2D eigenvalue weighted by molar-refractivity contribution is 7.99. The van der Waals surface area contributed by atoms with Crippen molar-refractivity contribution in [2.45, 2.75) is 49.6 Å². The first-order valence-corrected chi connectivity index (χ1v) is 10.7. The van der Waals surface area contributed by atoms with Crippen molar-refractivity contribution in [3.63, 3.8) is 0 Å². The Hall–Kier alpha value is -3.17. The molecule has 1 N–H and O–H groups in total. The Balaban J connectivity index is 1.46. The molecule has 2 atom stereocenters. The number of anilines is 1. The number of nitroso groups, excluding NO2 is 1. The van der Waals surface area contributed by atoms with Crippen LogP contribution in [0, 0.1) is 16.2 Å². The quantitative estimate of drug-likeness (QED) is 0.330. The summed E-state index contributed by atoms with van der Waals surface area (Å²) in [4.78, 5) is 32.6. The normalized spacial score (nSPS) is 18.8. The van der Waals surface area contributed by atoms with Gasteiger partial charge in [0.15, 0.2) is 16.6 Å². The van der Waals surface area contributed by atoms with E-state index >= 15 is 0 Å². The number of nitrogens with zero attached hydrogens (tertiary/aromatic N) is 8. The second-order valence-electron chi connectivity index (χ2n) is 7.62. The fourth-order valence-corrected chi connectivity index (χ4v) is 4.23. The highest BCUT2D eigenvalue weighted by Crippen LogP contribution is 2.34. The average Bonchev–Trinajstić information content (AvgIpc) is 3.44. The highest BCUT2D eigenvalue weighted by atomic mass is 32.2. The maximum Gasteiger partial charge on any atom is 0.200 e. The lowest BCUT2D eigenvalue weighted by molar-refractivity contribution is 0.0153. The van der Waals surface area contributed by atoms with E-state index in [4.69, 9.17) is 4.74 Å². The summed E-state index contributed by atoms with van der Waals surface area (Å²) in [5.74, 6) is 1.30. The first kappa shape index (κ1) is 21.1. The van der Waals surface area contributed by atoms with Crippen LogP contribution in [0.1, 0.15) is 38.6 Å². The number of hydrogen-bond acceptors (Lipinski definition) is 11. The third-order valence-electron chi connectivity index (χ3n) is 5.09. The van der Waals surface area contributed by atoms with Gasteiger partial charge in [-0.1, -0.05) is 11.8 Å². The number of nitrogens with one attached hydrogen (secondary N) is 1. The molecular weight excluding hydrogens is 418 g/mol. The summed E-state index contributed by atoms with van der Waals surface area (Å²) in [6, 6.07) is 3.64. The Bertz CT molecular complexity index is 1160. The van der Waals surface area contributed by atoms with Crippen molar-refractivity contribution in [1.82, 2.24) is 29.5 Å². The van der Waals surface area contributed by atoms with E-state index in [1.807, 2.05) is 4.57 Å². The molecule has 3 aromatic heterocycles. The van der Waals surface area contributed by atoms with E-state index < -0.39 is 5.41 Å². The van der Waals surface area contributed by atoms with Crippen LogP contribution in [0.5, 0.6) is 0 Å². The molecule has 0 aromatic carbocycles. The second-order valence-corrected chi connectivity index (χ2v) is 8.61. The molecular formula is C19H21N9O2S. The van der Waals surface area contributed by atoms with Gasteiger partial charge in [-0.3, -0.25) is 4.57 Å². The molecule has 0 spiro atoms. The Morgan fingerprint density at radius 1 is 1.35 bits per heavy atom. The van der Waals surface area contributed by atoms with Crippen LogP contribution in [0.15, 0.2) is 29.1 Å². The van der Waals surface area contributed by atoms with Gasteiger partial charge in [-0.25, -0.2) is 19.9 Å². The van der Waals surface area contributed by atoms with Crippen LogP contribution in [0.4, 0.5) is 11.6 Å². The fourth-order valence-electron chi connectivity index (χ4n) is 3.33. The molecule has 4 heterocycles. The number of ether oxygens (including phenoxy) is 1. The molecule has 4 rings (SSSR count). The first-order valence-electron chi connectivity index (χ1n) is 9.73. The van der Waals surface area contributed by atoms with Gasteiger partial charge in [0.25, 0.3) is 0 Å². The number of aromatic nitrogens is 6. The van der Waals surface area contributed by atoms with Gasteiger partial charge in [-0.05, 0) is 31.9 Å². The predicted molar refractivity (Wildman–Crippen MR) is 115 cm³/mol. The number of nitriles is 1. The summed E-state index contributed by atoms with van der Waals surface area (Å²) in [6.45, 7) is 3.48. The minimum Gasteiger partial charge on any atom is -0.371 e. The van der Waals surface area contributed by atoms with Crippen LogP contribution in [-0.4, -0.2) is 48.4 Å². The molecule has 1 saturated heterocycles. The van der Waals surface area contributed by atoms with E-state index in [0.717, 1.165) is 12.8 Å². The summed E-state index contributed by atoms with van der Waals surface area (Å²) in [6.07, 6.45) is 4.69. The average molecular weight is 440 g/mol. The predicted octanol–water partition coefficient (Wildman–Crippen LogP) is 3.33. The Kier molecular flexibility index (Phi) is 5.79. The molecule has 160 valence electrons. The molecule has 0 radical (unpaired) electrons.